The van der Waals surface area contributed by atoms with E-state index in [2.05, 4.69) is 22.8 Å². The maximum Gasteiger partial charge on any atom is 0.407 e. The van der Waals surface area contributed by atoms with Gasteiger partial charge in [0, 0.05) is 23.8 Å². The normalized spacial score (nSPS) is 13.1. The highest BCUT2D eigenvalue weighted by Gasteiger charge is 2.18. The molecule has 0 aliphatic carbocycles. The highest BCUT2D eigenvalue weighted by atomic mass is 32.1. The molecule has 1 heterocycles. The lowest BCUT2D eigenvalue weighted by atomic mass is 9.99. The van der Waals surface area contributed by atoms with Gasteiger partial charge in [-0.1, -0.05) is 18.2 Å². The van der Waals surface area contributed by atoms with E-state index in [1.807, 2.05) is 32.9 Å². The summed E-state index contributed by atoms with van der Waals surface area (Å²) in [5.41, 5.74) is 0.702. The van der Waals surface area contributed by atoms with Crippen molar-refractivity contribution in [2.45, 2.75) is 32.8 Å². The molecule has 0 aliphatic rings. The first kappa shape index (κ1) is 16.8. The SMILES string of the molecule is CC(C)(C)OC(=O)NCC(CO)Cc1csc2ccccc12. The summed E-state index contributed by atoms with van der Waals surface area (Å²) in [5, 5.41) is 15.6. The zero-order valence-corrected chi connectivity index (χ0v) is 14.1. The molecule has 1 unspecified atom stereocenters. The minimum absolute atomic E-state index is 0.0227. The van der Waals surface area contributed by atoms with Crippen molar-refractivity contribution in [2.24, 2.45) is 5.92 Å². The van der Waals surface area contributed by atoms with Crippen LogP contribution in [0.1, 0.15) is 26.3 Å². The second-order valence-electron chi connectivity index (χ2n) is 6.39. The lowest BCUT2D eigenvalue weighted by Gasteiger charge is -2.21. The van der Waals surface area contributed by atoms with Gasteiger partial charge in [0.25, 0.3) is 0 Å². The maximum atomic E-state index is 11.7. The molecule has 120 valence electrons. The van der Waals surface area contributed by atoms with Crippen molar-refractivity contribution in [3.63, 3.8) is 0 Å². The predicted molar refractivity (Wildman–Crippen MR) is 90.3 cm³/mol. The molecule has 1 atom stereocenters. The molecule has 0 bridgehead atoms. The molecule has 4 nitrogen and oxygen atoms in total. The Kier molecular flexibility index (Phi) is 5.42. The molecule has 1 aromatic carbocycles. The topological polar surface area (TPSA) is 58.6 Å². The Morgan fingerprint density at radius 1 is 1.36 bits per heavy atom. The molecule has 2 N–H and O–H groups in total. The van der Waals surface area contributed by atoms with Crippen LogP contribution in [0.2, 0.25) is 0 Å². The van der Waals surface area contributed by atoms with Crippen LogP contribution in [0.15, 0.2) is 29.6 Å². The van der Waals surface area contributed by atoms with Crippen LogP contribution < -0.4 is 5.32 Å². The lowest BCUT2D eigenvalue weighted by molar-refractivity contribution is 0.0512. The largest absolute Gasteiger partial charge is 0.444 e. The van der Waals surface area contributed by atoms with Gasteiger partial charge >= 0.3 is 6.09 Å². The molecule has 1 aromatic heterocycles. The quantitative estimate of drug-likeness (QED) is 0.885. The van der Waals surface area contributed by atoms with Crippen molar-refractivity contribution in [1.29, 1.82) is 0 Å². The zero-order chi connectivity index (χ0) is 16.2. The Labute approximate surface area is 135 Å². The standard InChI is InChI=1S/C17H23NO3S/c1-17(2,3)21-16(20)18-9-12(10-19)8-13-11-22-15-7-5-4-6-14(13)15/h4-7,11-12,19H,8-10H2,1-3H3,(H,18,20). The van der Waals surface area contributed by atoms with Crippen LogP contribution in [0.5, 0.6) is 0 Å². The van der Waals surface area contributed by atoms with Gasteiger partial charge in [-0.15, -0.1) is 11.3 Å². The first-order valence-electron chi connectivity index (χ1n) is 7.42. The Morgan fingerprint density at radius 2 is 2.09 bits per heavy atom. The molecule has 0 saturated carbocycles. The number of carbonyl (C=O) groups excluding carboxylic acids is 1. The summed E-state index contributed by atoms with van der Waals surface area (Å²) >= 11 is 1.71. The third kappa shape index (κ3) is 4.71. The first-order valence-corrected chi connectivity index (χ1v) is 8.30. The van der Waals surface area contributed by atoms with Crippen molar-refractivity contribution in [1.82, 2.24) is 5.32 Å². The molecule has 0 saturated heterocycles. The Morgan fingerprint density at radius 3 is 2.77 bits per heavy atom. The summed E-state index contributed by atoms with van der Waals surface area (Å²) in [7, 11) is 0. The zero-order valence-electron chi connectivity index (χ0n) is 13.3. The lowest BCUT2D eigenvalue weighted by Crippen LogP contribution is -2.36. The smallest absolute Gasteiger partial charge is 0.407 e. The minimum atomic E-state index is -0.512. The van der Waals surface area contributed by atoms with Crippen LogP contribution in [0.25, 0.3) is 10.1 Å². The molecular formula is C17H23NO3S. The highest BCUT2D eigenvalue weighted by molar-refractivity contribution is 7.17. The van der Waals surface area contributed by atoms with E-state index < -0.39 is 11.7 Å². The monoisotopic (exact) mass is 321 g/mol. The third-order valence-corrected chi connectivity index (χ3v) is 4.27. The number of benzene rings is 1. The van der Waals surface area contributed by atoms with Crippen LogP contribution in [-0.4, -0.2) is 30.0 Å². The summed E-state index contributed by atoms with van der Waals surface area (Å²) in [6, 6.07) is 8.23. The fraction of sp³-hybridized carbons (Fsp3) is 0.471. The Bertz CT molecular complexity index is 630. The number of alkyl carbamates (subject to hydrolysis) is 1. The van der Waals surface area contributed by atoms with Crippen LogP contribution in [0.3, 0.4) is 0 Å². The number of aliphatic hydroxyl groups is 1. The average molecular weight is 321 g/mol. The Hall–Kier alpha value is -1.59. The van der Waals surface area contributed by atoms with E-state index >= 15 is 0 Å². The first-order chi connectivity index (χ1) is 10.4. The number of hydrogen-bond acceptors (Lipinski definition) is 4. The van der Waals surface area contributed by atoms with Gasteiger partial charge in [0.15, 0.2) is 0 Å². The molecule has 0 radical (unpaired) electrons. The van der Waals surface area contributed by atoms with E-state index in [1.54, 1.807) is 11.3 Å². The second-order valence-corrected chi connectivity index (χ2v) is 7.30. The van der Waals surface area contributed by atoms with Gasteiger partial charge in [-0.3, -0.25) is 0 Å². The van der Waals surface area contributed by atoms with E-state index in [0.717, 1.165) is 6.42 Å². The number of rotatable bonds is 5. The van der Waals surface area contributed by atoms with Crippen LogP contribution >= 0.6 is 11.3 Å². The number of hydrogen-bond donors (Lipinski definition) is 2. The van der Waals surface area contributed by atoms with E-state index in [9.17, 15) is 9.90 Å². The summed E-state index contributed by atoms with van der Waals surface area (Å²) in [6.07, 6.45) is 0.289. The number of aliphatic hydroxyl groups excluding tert-OH is 1. The van der Waals surface area contributed by atoms with Gasteiger partial charge in [0.05, 0.1) is 0 Å². The number of ether oxygens (including phenoxy) is 1. The van der Waals surface area contributed by atoms with Crippen molar-refractivity contribution >= 4 is 27.5 Å². The highest BCUT2D eigenvalue weighted by Crippen LogP contribution is 2.27. The summed E-state index contributed by atoms with van der Waals surface area (Å²) in [4.78, 5) is 11.7. The minimum Gasteiger partial charge on any atom is -0.444 e. The fourth-order valence-electron chi connectivity index (χ4n) is 2.24. The van der Waals surface area contributed by atoms with E-state index in [0.29, 0.717) is 6.54 Å². The van der Waals surface area contributed by atoms with Gasteiger partial charge in [0.2, 0.25) is 0 Å². The van der Waals surface area contributed by atoms with Crippen LogP contribution in [0.4, 0.5) is 4.79 Å². The summed E-state index contributed by atoms with van der Waals surface area (Å²) in [6.45, 7) is 5.91. The third-order valence-electron chi connectivity index (χ3n) is 3.26. The number of nitrogens with one attached hydrogen (secondary N) is 1. The van der Waals surface area contributed by atoms with Gasteiger partial charge < -0.3 is 15.2 Å². The molecule has 5 heteroatoms. The van der Waals surface area contributed by atoms with Gasteiger partial charge in [0.1, 0.15) is 5.60 Å². The van der Waals surface area contributed by atoms with Gasteiger partial charge in [-0.25, -0.2) is 4.79 Å². The van der Waals surface area contributed by atoms with Crippen molar-refractivity contribution in [3.8, 4) is 0 Å². The van der Waals surface area contributed by atoms with E-state index in [1.165, 1.54) is 15.6 Å². The second kappa shape index (κ2) is 7.11. The average Bonchev–Trinajstić information content (AvgIpc) is 2.85. The summed E-state index contributed by atoms with van der Waals surface area (Å²) < 4.78 is 6.45. The van der Waals surface area contributed by atoms with E-state index in [4.69, 9.17) is 4.74 Å². The van der Waals surface area contributed by atoms with Crippen molar-refractivity contribution in [3.05, 3.63) is 35.2 Å². The van der Waals surface area contributed by atoms with Gasteiger partial charge in [-0.2, -0.15) is 0 Å². The Balaban J connectivity index is 1.94. The molecule has 22 heavy (non-hydrogen) atoms. The molecule has 2 aromatic rings. The number of fused-ring (bicyclic) bond motifs is 1. The molecule has 0 spiro atoms. The molecule has 0 aliphatic heterocycles. The van der Waals surface area contributed by atoms with E-state index in [-0.39, 0.29) is 12.5 Å². The number of carbonyl (C=O) groups is 1. The molecule has 2 rings (SSSR count). The maximum absolute atomic E-state index is 11.7. The van der Waals surface area contributed by atoms with Crippen LogP contribution in [0, 0.1) is 5.92 Å². The summed E-state index contributed by atoms with van der Waals surface area (Å²) in [5.74, 6) is -0.0227. The van der Waals surface area contributed by atoms with Gasteiger partial charge in [-0.05, 0) is 49.6 Å². The van der Waals surface area contributed by atoms with Crippen molar-refractivity contribution in [2.75, 3.05) is 13.2 Å². The fourth-order valence-corrected chi connectivity index (χ4v) is 3.22. The molecule has 0 fully saturated rings. The molecule has 1 amide bonds. The number of amides is 1. The van der Waals surface area contributed by atoms with Crippen molar-refractivity contribution < 1.29 is 14.6 Å². The molecular weight excluding hydrogens is 298 g/mol. The predicted octanol–water partition coefficient (Wildman–Crippen LogP) is 3.58. The van der Waals surface area contributed by atoms with Crippen LogP contribution in [-0.2, 0) is 11.2 Å². The number of thiophene rings is 1.